The van der Waals surface area contributed by atoms with Crippen LogP contribution in [0.25, 0.3) is 0 Å². The first-order chi connectivity index (χ1) is 7.15. The van der Waals surface area contributed by atoms with Crippen molar-refractivity contribution >= 4 is 5.91 Å². The van der Waals surface area contributed by atoms with Crippen LogP contribution >= 0.6 is 0 Å². The van der Waals surface area contributed by atoms with Gasteiger partial charge in [0.2, 0.25) is 5.91 Å². The Morgan fingerprint density at radius 2 is 2.27 bits per heavy atom. The van der Waals surface area contributed by atoms with E-state index in [1.54, 1.807) is 6.92 Å². The maximum atomic E-state index is 11.4. The van der Waals surface area contributed by atoms with Gasteiger partial charge in [0.25, 0.3) is 0 Å². The summed E-state index contributed by atoms with van der Waals surface area (Å²) in [6, 6.07) is 0.396. The molecule has 1 amide bonds. The van der Waals surface area contributed by atoms with Gasteiger partial charge in [0.1, 0.15) is 0 Å². The van der Waals surface area contributed by atoms with Crippen LogP contribution in [0.5, 0.6) is 0 Å². The predicted molar refractivity (Wildman–Crippen MR) is 61.6 cm³/mol. The number of nitrogens with two attached hydrogens (primary N) is 1. The van der Waals surface area contributed by atoms with Crippen molar-refractivity contribution in [2.75, 3.05) is 33.2 Å². The van der Waals surface area contributed by atoms with E-state index in [2.05, 4.69) is 11.9 Å². The van der Waals surface area contributed by atoms with E-state index in [1.807, 2.05) is 4.90 Å². The van der Waals surface area contributed by atoms with Gasteiger partial charge in [-0.25, -0.2) is 0 Å². The lowest BCUT2D eigenvalue weighted by Gasteiger charge is -2.37. The van der Waals surface area contributed by atoms with Gasteiger partial charge in [0.15, 0.2) is 0 Å². The van der Waals surface area contributed by atoms with Crippen molar-refractivity contribution in [2.24, 2.45) is 5.73 Å². The second-order valence-corrected chi connectivity index (χ2v) is 4.41. The Labute approximate surface area is 92.4 Å². The molecule has 88 valence electrons. The van der Waals surface area contributed by atoms with Crippen LogP contribution in [0, 0.1) is 0 Å². The Morgan fingerprint density at radius 3 is 2.87 bits per heavy atom. The lowest BCUT2D eigenvalue weighted by atomic mass is 10.0. The predicted octanol–water partition coefficient (Wildman–Crippen LogP) is 0.278. The summed E-state index contributed by atoms with van der Waals surface area (Å²) in [5.74, 6) is 0.209. The van der Waals surface area contributed by atoms with Crippen LogP contribution in [-0.2, 0) is 4.79 Å². The molecule has 0 aromatic rings. The summed E-state index contributed by atoms with van der Waals surface area (Å²) in [4.78, 5) is 15.7. The molecule has 1 atom stereocenters. The monoisotopic (exact) mass is 213 g/mol. The van der Waals surface area contributed by atoms with E-state index < -0.39 is 0 Å². The van der Waals surface area contributed by atoms with E-state index in [1.165, 1.54) is 6.42 Å². The molecule has 0 aromatic carbocycles. The third kappa shape index (κ3) is 3.80. The van der Waals surface area contributed by atoms with Crippen LogP contribution in [-0.4, -0.2) is 55.0 Å². The SMILES string of the molecule is CC(=O)N1CCCC[C@H]1CN(C)CCN. The maximum Gasteiger partial charge on any atom is 0.219 e. The molecule has 0 radical (unpaired) electrons. The van der Waals surface area contributed by atoms with Crippen molar-refractivity contribution < 1.29 is 4.79 Å². The van der Waals surface area contributed by atoms with Crippen LogP contribution in [0.4, 0.5) is 0 Å². The number of rotatable bonds is 4. The highest BCUT2D eigenvalue weighted by molar-refractivity contribution is 5.73. The molecule has 1 rings (SSSR count). The van der Waals surface area contributed by atoms with Crippen molar-refractivity contribution in [3.63, 3.8) is 0 Å². The zero-order valence-corrected chi connectivity index (χ0v) is 9.91. The fourth-order valence-electron chi connectivity index (χ4n) is 2.28. The van der Waals surface area contributed by atoms with Crippen molar-refractivity contribution in [2.45, 2.75) is 32.2 Å². The summed E-state index contributed by atoms with van der Waals surface area (Å²) in [7, 11) is 2.07. The van der Waals surface area contributed by atoms with Crippen LogP contribution in [0.15, 0.2) is 0 Å². The molecule has 0 unspecified atom stereocenters. The quantitative estimate of drug-likeness (QED) is 0.729. The lowest BCUT2D eigenvalue weighted by molar-refractivity contribution is -0.132. The molecule has 1 fully saturated rings. The van der Waals surface area contributed by atoms with Crippen LogP contribution < -0.4 is 5.73 Å². The molecule has 2 N–H and O–H groups in total. The number of hydrogen-bond donors (Lipinski definition) is 1. The average Bonchev–Trinajstić information content (AvgIpc) is 2.18. The Balaban J connectivity index is 2.45. The first kappa shape index (κ1) is 12.5. The maximum absolute atomic E-state index is 11.4. The minimum Gasteiger partial charge on any atom is -0.339 e. The molecule has 1 aliphatic heterocycles. The van der Waals surface area contributed by atoms with Gasteiger partial charge in [-0.05, 0) is 26.3 Å². The highest BCUT2D eigenvalue weighted by Crippen LogP contribution is 2.17. The van der Waals surface area contributed by atoms with E-state index in [4.69, 9.17) is 5.73 Å². The van der Waals surface area contributed by atoms with Crippen LogP contribution in [0.3, 0.4) is 0 Å². The van der Waals surface area contributed by atoms with Gasteiger partial charge < -0.3 is 15.5 Å². The molecule has 1 heterocycles. The highest BCUT2D eigenvalue weighted by Gasteiger charge is 2.24. The number of piperidine rings is 1. The third-order valence-electron chi connectivity index (χ3n) is 3.06. The third-order valence-corrected chi connectivity index (χ3v) is 3.06. The van der Waals surface area contributed by atoms with Gasteiger partial charge >= 0.3 is 0 Å². The Bertz CT molecular complexity index is 208. The average molecular weight is 213 g/mol. The summed E-state index contributed by atoms with van der Waals surface area (Å²) < 4.78 is 0. The largest absolute Gasteiger partial charge is 0.339 e. The number of hydrogen-bond acceptors (Lipinski definition) is 3. The van der Waals surface area contributed by atoms with E-state index in [0.29, 0.717) is 12.6 Å². The highest BCUT2D eigenvalue weighted by atomic mass is 16.2. The molecule has 0 saturated carbocycles. The van der Waals surface area contributed by atoms with Crippen molar-refractivity contribution in [1.82, 2.24) is 9.80 Å². The minimum absolute atomic E-state index is 0.209. The van der Waals surface area contributed by atoms with Gasteiger partial charge in [0.05, 0.1) is 0 Å². The number of likely N-dealkylation sites (tertiary alicyclic amines) is 1. The van der Waals surface area contributed by atoms with E-state index in [0.717, 1.165) is 32.5 Å². The normalized spacial score (nSPS) is 22.1. The summed E-state index contributed by atoms with van der Waals surface area (Å²) >= 11 is 0. The molecule has 0 aromatic heterocycles. The first-order valence-electron chi connectivity index (χ1n) is 5.81. The molecule has 15 heavy (non-hydrogen) atoms. The van der Waals surface area contributed by atoms with Crippen LogP contribution in [0.1, 0.15) is 26.2 Å². The molecular weight excluding hydrogens is 190 g/mol. The zero-order chi connectivity index (χ0) is 11.3. The smallest absolute Gasteiger partial charge is 0.219 e. The molecule has 0 bridgehead atoms. The van der Waals surface area contributed by atoms with E-state index in [9.17, 15) is 4.79 Å². The number of carbonyl (C=O) groups is 1. The van der Waals surface area contributed by atoms with Crippen molar-refractivity contribution in [3.8, 4) is 0 Å². The van der Waals surface area contributed by atoms with E-state index in [-0.39, 0.29) is 5.91 Å². The van der Waals surface area contributed by atoms with Gasteiger partial charge in [0, 0.05) is 39.1 Å². The molecule has 4 heteroatoms. The van der Waals surface area contributed by atoms with Gasteiger partial charge in [-0.1, -0.05) is 0 Å². The second-order valence-electron chi connectivity index (χ2n) is 4.41. The Kier molecular flexibility index (Phi) is 5.05. The molecule has 4 nitrogen and oxygen atoms in total. The van der Waals surface area contributed by atoms with Crippen molar-refractivity contribution in [3.05, 3.63) is 0 Å². The standard InChI is InChI=1S/C11H23N3O/c1-10(15)14-7-4-3-5-11(14)9-13(2)8-6-12/h11H,3-9,12H2,1-2H3/t11-/m0/s1. The lowest BCUT2D eigenvalue weighted by Crippen LogP contribution is -2.48. The fraction of sp³-hybridized carbons (Fsp3) is 0.909. The fourth-order valence-corrected chi connectivity index (χ4v) is 2.28. The first-order valence-corrected chi connectivity index (χ1v) is 5.81. The molecule has 1 aliphatic rings. The summed E-state index contributed by atoms with van der Waals surface area (Å²) in [5.41, 5.74) is 5.51. The zero-order valence-electron chi connectivity index (χ0n) is 9.91. The molecule has 1 saturated heterocycles. The summed E-state index contributed by atoms with van der Waals surface area (Å²) in [5, 5.41) is 0. The minimum atomic E-state index is 0.209. The summed E-state index contributed by atoms with van der Waals surface area (Å²) in [6.07, 6.45) is 3.52. The number of likely N-dealkylation sites (N-methyl/N-ethyl adjacent to an activating group) is 1. The second kappa shape index (κ2) is 6.08. The van der Waals surface area contributed by atoms with Gasteiger partial charge in [-0.3, -0.25) is 4.79 Å². The number of nitrogens with zero attached hydrogens (tertiary/aromatic N) is 2. The number of carbonyl (C=O) groups excluding carboxylic acids is 1. The van der Waals surface area contributed by atoms with Gasteiger partial charge in [-0.2, -0.15) is 0 Å². The Hall–Kier alpha value is -0.610. The topological polar surface area (TPSA) is 49.6 Å². The van der Waals surface area contributed by atoms with Gasteiger partial charge in [-0.15, -0.1) is 0 Å². The number of amides is 1. The van der Waals surface area contributed by atoms with Crippen molar-refractivity contribution in [1.29, 1.82) is 0 Å². The summed E-state index contributed by atoms with van der Waals surface area (Å²) in [6.45, 7) is 5.14. The Morgan fingerprint density at radius 1 is 1.53 bits per heavy atom. The van der Waals surface area contributed by atoms with E-state index >= 15 is 0 Å². The molecule has 0 aliphatic carbocycles. The molecular formula is C11H23N3O. The van der Waals surface area contributed by atoms with Crippen LogP contribution in [0.2, 0.25) is 0 Å². The molecule has 0 spiro atoms.